The van der Waals surface area contributed by atoms with Gasteiger partial charge in [0.2, 0.25) is 5.91 Å². The van der Waals surface area contributed by atoms with E-state index in [4.69, 9.17) is 21.1 Å². The standard InChI is InChI=1S/C23H21ClF2N2O5S/c1-32-21-10-8-18(12-22(21)33-2)34(30,31)28(17-7-9-20(26)19(24)11-17)14-23(29)27-13-15-3-5-16(25)6-4-15/h3-12H,13-14H2,1-2H3,(H,27,29). The lowest BCUT2D eigenvalue weighted by atomic mass is 10.2. The molecule has 0 saturated heterocycles. The fourth-order valence-corrected chi connectivity index (χ4v) is 4.65. The van der Waals surface area contributed by atoms with E-state index in [1.165, 1.54) is 62.8 Å². The van der Waals surface area contributed by atoms with Crippen LogP contribution in [0.4, 0.5) is 14.5 Å². The number of carbonyl (C=O) groups is 1. The van der Waals surface area contributed by atoms with Crippen molar-refractivity contribution in [3.63, 3.8) is 0 Å². The quantitative estimate of drug-likeness (QED) is 0.467. The Morgan fingerprint density at radius 3 is 2.26 bits per heavy atom. The first kappa shape index (κ1) is 25.3. The van der Waals surface area contributed by atoms with E-state index in [2.05, 4.69) is 5.32 Å². The number of benzene rings is 3. The van der Waals surface area contributed by atoms with E-state index < -0.39 is 34.1 Å². The van der Waals surface area contributed by atoms with Crippen molar-refractivity contribution in [2.24, 2.45) is 0 Å². The highest BCUT2D eigenvalue weighted by molar-refractivity contribution is 7.92. The average molecular weight is 511 g/mol. The minimum absolute atomic E-state index is 0.0156. The number of carbonyl (C=O) groups excluding carboxylic acids is 1. The predicted octanol–water partition coefficient (Wildman–Crippen LogP) is 4.15. The lowest BCUT2D eigenvalue weighted by Crippen LogP contribution is -2.40. The molecule has 0 aliphatic heterocycles. The van der Waals surface area contributed by atoms with Crippen LogP contribution in [0.3, 0.4) is 0 Å². The maximum atomic E-state index is 13.7. The Labute approximate surface area is 200 Å². The van der Waals surface area contributed by atoms with Crippen molar-refractivity contribution in [3.8, 4) is 11.5 Å². The van der Waals surface area contributed by atoms with Gasteiger partial charge in [0.25, 0.3) is 10.0 Å². The Bertz CT molecular complexity index is 1290. The van der Waals surface area contributed by atoms with Crippen LogP contribution in [0.15, 0.2) is 65.6 Å². The molecular formula is C23H21ClF2N2O5S. The van der Waals surface area contributed by atoms with Crippen LogP contribution in [0.25, 0.3) is 0 Å². The molecule has 0 radical (unpaired) electrons. The monoisotopic (exact) mass is 510 g/mol. The summed E-state index contributed by atoms with van der Waals surface area (Å²) < 4.78 is 65.0. The van der Waals surface area contributed by atoms with Gasteiger partial charge in [-0.05, 0) is 48.0 Å². The molecule has 1 N–H and O–H groups in total. The van der Waals surface area contributed by atoms with E-state index in [0.29, 0.717) is 11.3 Å². The molecule has 3 aromatic carbocycles. The summed E-state index contributed by atoms with van der Waals surface area (Å²) in [5.74, 6) is -1.32. The number of anilines is 1. The molecule has 0 aliphatic carbocycles. The number of hydrogen-bond donors (Lipinski definition) is 1. The Kier molecular flexibility index (Phi) is 7.95. The van der Waals surface area contributed by atoms with Crippen LogP contribution in [-0.2, 0) is 21.4 Å². The van der Waals surface area contributed by atoms with Crippen LogP contribution >= 0.6 is 11.6 Å². The molecule has 11 heteroatoms. The number of amides is 1. The second kappa shape index (κ2) is 10.7. The minimum atomic E-state index is -4.32. The first-order chi connectivity index (χ1) is 16.1. The largest absolute Gasteiger partial charge is 0.493 e. The van der Waals surface area contributed by atoms with Gasteiger partial charge in [0.15, 0.2) is 11.5 Å². The Hall–Kier alpha value is -3.37. The van der Waals surface area contributed by atoms with Gasteiger partial charge in [-0.1, -0.05) is 23.7 Å². The van der Waals surface area contributed by atoms with Crippen molar-refractivity contribution in [1.82, 2.24) is 5.32 Å². The molecule has 3 aromatic rings. The van der Waals surface area contributed by atoms with Crippen LogP contribution < -0.4 is 19.1 Å². The average Bonchev–Trinajstić information content (AvgIpc) is 2.83. The Morgan fingerprint density at radius 2 is 1.65 bits per heavy atom. The second-order valence-electron chi connectivity index (χ2n) is 7.03. The van der Waals surface area contributed by atoms with E-state index in [9.17, 15) is 22.0 Å². The number of rotatable bonds is 9. The van der Waals surface area contributed by atoms with Gasteiger partial charge in [-0.2, -0.15) is 0 Å². The van der Waals surface area contributed by atoms with Crippen LogP contribution in [0.1, 0.15) is 5.56 Å². The number of ether oxygens (including phenoxy) is 2. The van der Waals surface area contributed by atoms with Crippen molar-refractivity contribution < 1.29 is 31.5 Å². The Balaban J connectivity index is 1.93. The summed E-state index contributed by atoms with van der Waals surface area (Å²) in [4.78, 5) is 12.5. The zero-order valence-corrected chi connectivity index (χ0v) is 19.8. The third kappa shape index (κ3) is 5.75. The summed E-state index contributed by atoms with van der Waals surface area (Å²) in [6.45, 7) is -0.576. The molecule has 34 heavy (non-hydrogen) atoms. The number of halogens is 3. The van der Waals surface area contributed by atoms with Crippen molar-refractivity contribution in [2.75, 3.05) is 25.1 Å². The normalized spacial score (nSPS) is 11.1. The van der Waals surface area contributed by atoms with Gasteiger partial charge in [-0.25, -0.2) is 17.2 Å². The van der Waals surface area contributed by atoms with E-state index >= 15 is 0 Å². The van der Waals surface area contributed by atoms with Crippen molar-refractivity contribution >= 4 is 33.2 Å². The minimum Gasteiger partial charge on any atom is -0.493 e. The van der Waals surface area contributed by atoms with Gasteiger partial charge in [-0.15, -0.1) is 0 Å². The molecule has 180 valence electrons. The summed E-state index contributed by atoms with van der Waals surface area (Å²) >= 11 is 5.87. The SMILES string of the molecule is COc1ccc(S(=O)(=O)N(CC(=O)NCc2ccc(F)cc2)c2ccc(F)c(Cl)c2)cc1OC. The van der Waals surface area contributed by atoms with Gasteiger partial charge in [0.05, 0.1) is 29.8 Å². The van der Waals surface area contributed by atoms with E-state index in [0.717, 1.165) is 16.4 Å². The topological polar surface area (TPSA) is 84.9 Å². The van der Waals surface area contributed by atoms with E-state index in [1.807, 2.05) is 0 Å². The lowest BCUT2D eigenvalue weighted by molar-refractivity contribution is -0.119. The molecular weight excluding hydrogens is 490 g/mol. The first-order valence-corrected chi connectivity index (χ1v) is 11.7. The van der Waals surface area contributed by atoms with Crippen LogP contribution in [0, 0.1) is 11.6 Å². The van der Waals surface area contributed by atoms with Gasteiger partial charge >= 0.3 is 0 Å². The smallest absolute Gasteiger partial charge is 0.264 e. The predicted molar refractivity (Wildman–Crippen MR) is 124 cm³/mol. The number of sulfonamides is 1. The van der Waals surface area contributed by atoms with Gasteiger partial charge in [-0.3, -0.25) is 9.10 Å². The van der Waals surface area contributed by atoms with Gasteiger partial charge in [0.1, 0.15) is 18.2 Å². The maximum absolute atomic E-state index is 13.7. The fraction of sp³-hybridized carbons (Fsp3) is 0.174. The number of hydrogen-bond acceptors (Lipinski definition) is 5. The molecule has 0 bridgehead atoms. The summed E-state index contributed by atoms with van der Waals surface area (Å²) in [7, 11) is -1.56. The molecule has 0 unspecified atom stereocenters. The molecule has 0 saturated carbocycles. The molecule has 1 amide bonds. The first-order valence-electron chi connectivity index (χ1n) is 9.86. The van der Waals surface area contributed by atoms with Gasteiger partial charge in [0, 0.05) is 12.6 Å². The summed E-state index contributed by atoms with van der Waals surface area (Å²) in [5.41, 5.74) is 0.604. The molecule has 0 fully saturated rings. The lowest BCUT2D eigenvalue weighted by Gasteiger charge is -2.25. The summed E-state index contributed by atoms with van der Waals surface area (Å²) in [5, 5.41) is 2.28. The third-order valence-corrected chi connectivity index (χ3v) is 6.88. The molecule has 0 spiro atoms. The number of nitrogens with zero attached hydrogens (tertiary/aromatic N) is 1. The number of methoxy groups -OCH3 is 2. The van der Waals surface area contributed by atoms with Crippen molar-refractivity contribution in [1.29, 1.82) is 0 Å². The van der Waals surface area contributed by atoms with Crippen molar-refractivity contribution in [3.05, 3.63) is 82.9 Å². The van der Waals surface area contributed by atoms with Crippen molar-refractivity contribution in [2.45, 2.75) is 11.4 Å². The molecule has 3 rings (SSSR count). The van der Waals surface area contributed by atoms with Crippen LogP contribution in [-0.4, -0.2) is 35.1 Å². The van der Waals surface area contributed by atoms with Crippen LogP contribution in [0.2, 0.25) is 5.02 Å². The third-order valence-electron chi connectivity index (χ3n) is 4.82. The Morgan fingerprint density at radius 1 is 0.971 bits per heavy atom. The highest BCUT2D eigenvalue weighted by atomic mass is 35.5. The second-order valence-corrected chi connectivity index (χ2v) is 9.30. The fourth-order valence-electron chi connectivity index (χ4n) is 3.05. The molecule has 7 nitrogen and oxygen atoms in total. The zero-order chi connectivity index (χ0) is 24.9. The summed E-state index contributed by atoms with van der Waals surface area (Å²) in [6.07, 6.45) is 0. The number of nitrogens with one attached hydrogen (secondary N) is 1. The maximum Gasteiger partial charge on any atom is 0.264 e. The zero-order valence-electron chi connectivity index (χ0n) is 18.2. The molecule has 0 atom stereocenters. The highest BCUT2D eigenvalue weighted by Crippen LogP contribution is 2.33. The summed E-state index contributed by atoms with van der Waals surface area (Å²) in [6, 6.07) is 12.8. The molecule has 0 heterocycles. The van der Waals surface area contributed by atoms with E-state index in [-0.39, 0.29) is 27.9 Å². The molecule has 0 aromatic heterocycles. The van der Waals surface area contributed by atoms with E-state index in [1.54, 1.807) is 0 Å². The van der Waals surface area contributed by atoms with Gasteiger partial charge < -0.3 is 14.8 Å². The highest BCUT2D eigenvalue weighted by Gasteiger charge is 2.29. The van der Waals surface area contributed by atoms with Crippen LogP contribution in [0.5, 0.6) is 11.5 Å². The molecule has 0 aliphatic rings.